The smallest absolute Gasteiger partial charge is 0.323 e. The molecule has 0 aliphatic heterocycles. The van der Waals surface area contributed by atoms with Crippen LogP contribution in [0.1, 0.15) is 53.9 Å². The Labute approximate surface area is 112 Å². The highest BCUT2D eigenvalue weighted by Crippen LogP contribution is 2.04. The quantitative estimate of drug-likeness (QED) is 0.465. The summed E-state index contributed by atoms with van der Waals surface area (Å²) in [7, 11) is 0. The first kappa shape index (κ1) is 17.4. The van der Waals surface area contributed by atoms with E-state index in [2.05, 4.69) is 24.5 Å². The Kier molecular flexibility index (Phi) is 9.98. The second-order valence-corrected chi connectivity index (χ2v) is 5.23. The lowest BCUT2D eigenvalue weighted by Crippen LogP contribution is -2.42. The zero-order valence-electron chi connectivity index (χ0n) is 12.6. The average molecular weight is 258 g/mol. The second-order valence-electron chi connectivity index (χ2n) is 5.23. The molecular weight excluding hydrogens is 228 g/mol. The predicted molar refractivity (Wildman–Crippen MR) is 75.7 cm³/mol. The Bertz CT molecular complexity index is 218. The van der Waals surface area contributed by atoms with Crippen molar-refractivity contribution in [3.8, 4) is 0 Å². The van der Waals surface area contributed by atoms with Crippen molar-refractivity contribution in [3.05, 3.63) is 0 Å². The molecule has 4 nitrogen and oxygen atoms in total. The third kappa shape index (κ3) is 9.42. The number of nitrogens with one attached hydrogen (secondary N) is 2. The number of carbonyl (C=O) groups excluding carboxylic acids is 1. The highest BCUT2D eigenvalue weighted by atomic mass is 16.5. The van der Waals surface area contributed by atoms with E-state index >= 15 is 0 Å². The minimum atomic E-state index is -0.163. The van der Waals surface area contributed by atoms with Crippen LogP contribution in [0.4, 0.5) is 0 Å². The van der Waals surface area contributed by atoms with Crippen molar-refractivity contribution < 1.29 is 9.53 Å². The van der Waals surface area contributed by atoms with Crippen molar-refractivity contribution in [2.75, 3.05) is 13.2 Å². The van der Waals surface area contributed by atoms with Gasteiger partial charge < -0.3 is 15.4 Å². The number of ether oxygens (including phenoxy) is 1. The molecule has 0 aliphatic carbocycles. The number of rotatable bonds is 10. The Morgan fingerprint density at radius 3 is 2.28 bits per heavy atom. The fourth-order valence-electron chi connectivity index (χ4n) is 1.78. The highest BCUT2D eigenvalue weighted by Gasteiger charge is 2.19. The van der Waals surface area contributed by atoms with Crippen LogP contribution in [0.25, 0.3) is 0 Å². The molecule has 0 fully saturated rings. The molecule has 0 aromatic carbocycles. The summed E-state index contributed by atoms with van der Waals surface area (Å²) >= 11 is 0. The van der Waals surface area contributed by atoms with Crippen molar-refractivity contribution in [1.82, 2.24) is 10.6 Å². The molecule has 0 saturated carbocycles. The Hall–Kier alpha value is -0.610. The van der Waals surface area contributed by atoms with Crippen LogP contribution in [0.3, 0.4) is 0 Å². The van der Waals surface area contributed by atoms with Gasteiger partial charge in [0.15, 0.2) is 0 Å². The van der Waals surface area contributed by atoms with Gasteiger partial charge in [-0.15, -0.1) is 0 Å². The largest absolute Gasteiger partial charge is 0.465 e. The number of hydrogen-bond donors (Lipinski definition) is 2. The van der Waals surface area contributed by atoms with E-state index in [-0.39, 0.29) is 12.0 Å². The van der Waals surface area contributed by atoms with Gasteiger partial charge in [-0.25, -0.2) is 0 Å². The third-order valence-corrected chi connectivity index (χ3v) is 2.58. The molecule has 0 aliphatic rings. The lowest BCUT2D eigenvalue weighted by molar-refractivity contribution is -0.146. The highest BCUT2D eigenvalue weighted by molar-refractivity contribution is 5.75. The minimum absolute atomic E-state index is 0.122. The van der Waals surface area contributed by atoms with Crippen LogP contribution in [0.2, 0.25) is 0 Å². The summed E-state index contributed by atoms with van der Waals surface area (Å²) in [6, 6.07) is 0.664. The van der Waals surface area contributed by atoms with Gasteiger partial charge >= 0.3 is 5.97 Å². The summed E-state index contributed by atoms with van der Waals surface area (Å²) < 4.78 is 5.08. The van der Waals surface area contributed by atoms with Crippen LogP contribution < -0.4 is 10.6 Å². The maximum absolute atomic E-state index is 11.8. The second kappa shape index (κ2) is 10.3. The molecule has 18 heavy (non-hydrogen) atoms. The van der Waals surface area contributed by atoms with E-state index in [9.17, 15) is 4.79 Å². The van der Waals surface area contributed by atoms with Crippen molar-refractivity contribution in [1.29, 1.82) is 0 Å². The van der Waals surface area contributed by atoms with Crippen LogP contribution in [0.5, 0.6) is 0 Å². The molecule has 0 bridgehead atoms. The van der Waals surface area contributed by atoms with E-state index in [0.29, 0.717) is 18.7 Å². The fraction of sp³-hybridized carbons (Fsp3) is 0.929. The van der Waals surface area contributed by atoms with E-state index < -0.39 is 0 Å². The van der Waals surface area contributed by atoms with Gasteiger partial charge in [0.25, 0.3) is 0 Å². The maximum atomic E-state index is 11.8. The summed E-state index contributed by atoms with van der Waals surface area (Å²) in [5.41, 5.74) is 0. The van der Waals surface area contributed by atoms with Crippen molar-refractivity contribution in [3.63, 3.8) is 0 Å². The minimum Gasteiger partial charge on any atom is -0.465 e. The normalized spacial score (nSPS) is 13.1. The fourth-order valence-corrected chi connectivity index (χ4v) is 1.78. The van der Waals surface area contributed by atoms with Crippen molar-refractivity contribution in [2.45, 2.75) is 72.0 Å². The van der Waals surface area contributed by atoms with E-state index in [0.717, 1.165) is 25.8 Å². The summed E-state index contributed by atoms with van der Waals surface area (Å²) in [6.07, 6.45) is 2.97. The summed E-state index contributed by atoms with van der Waals surface area (Å²) in [5, 5.41) is 6.65. The Morgan fingerprint density at radius 1 is 1.11 bits per heavy atom. The molecule has 1 unspecified atom stereocenters. The molecule has 0 heterocycles. The van der Waals surface area contributed by atoms with Gasteiger partial charge in [-0.2, -0.15) is 0 Å². The molecule has 0 aromatic heterocycles. The molecule has 108 valence electrons. The van der Waals surface area contributed by atoms with E-state index in [1.165, 1.54) is 0 Å². The molecule has 0 spiro atoms. The van der Waals surface area contributed by atoms with Gasteiger partial charge in [-0.1, -0.05) is 34.1 Å². The lowest BCUT2D eigenvalue weighted by Gasteiger charge is -2.19. The van der Waals surface area contributed by atoms with Gasteiger partial charge in [-0.05, 0) is 26.3 Å². The molecule has 0 aromatic rings. The van der Waals surface area contributed by atoms with Crippen LogP contribution in [0.15, 0.2) is 0 Å². The standard InChI is InChI=1S/C14H30N2O2/c1-6-18-14(17)13(16-12(4)5)9-7-8-10-15-11(2)3/h11-13,15-16H,6-10H2,1-5H3. The lowest BCUT2D eigenvalue weighted by atomic mass is 10.1. The van der Waals surface area contributed by atoms with Gasteiger partial charge in [0.05, 0.1) is 6.61 Å². The predicted octanol–water partition coefficient (Wildman–Crippen LogP) is 2.08. The molecule has 0 radical (unpaired) electrons. The SMILES string of the molecule is CCOC(=O)C(CCCCNC(C)C)NC(C)C. The summed E-state index contributed by atoms with van der Waals surface area (Å²) in [6.45, 7) is 11.7. The van der Waals surface area contributed by atoms with Crippen LogP contribution >= 0.6 is 0 Å². The monoisotopic (exact) mass is 258 g/mol. The van der Waals surface area contributed by atoms with E-state index in [1.807, 2.05) is 20.8 Å². The zero-order valence-corrected chi connectivity index (χ0v) is 12.6. The van der Waals surface area contributed by atoms with Gasteiger partial charge in [0, 0.05) is 12.1 Å². The zero-order chi connectivity index (χ0) is 14.0. The molecule has 0 rings (SSSR count). The van der Waals surface area contributed by atoms with Gasteiger partial charge in [0.2, 0.25) is 0 Å². The summed E-state index contributed by atoms with van der Waals surface area (Å²) in [4.78, 5) is 11.8. The number of carbonyl (C=O) groups is 1. The number of esters is 1. The molecule has 1 atom stereocenters. The molecule has 0 amide bonds. The van der Waals surface area contributed by atoms with Crippen LogP contribution in [-0.2, 0) is 9.53 Å². The topological polar surface area (TPSA) is 50.4 Å². The van der Waals surface area contributed by atoms with Crippen molar-refractivity contribution >= 4 is 5.97 Å². The third-order valence-electron chi connectivity index (χ3n) is 2.58. The number of hydrogen-bond acceptors (Lipinski definition) is 4. The molecular formula is C14H30N2O2. The first-order valence-corrected chi connectivity index (χ1v) is 7.13. The molecule has 4 heteroatoms. The van der Waals surface area contributed by atoms with E-state index in [1.54, 1.807) is 0 Å². The van der Waals surface area contributed by atoms with Gasteiger partial charge in [0.1, 0.15) is 6.04 Å². The number of unbranched alkanes of at least 4 members (excludes halogenated alkanes) is 1. The molecule has 0 saturated heterocycles. The Balaban J connectivity index is 3.90. The van der Waals surface area contributed by atoms with Gasteiger partial charge in [-0.3, -0.25) is 4.79 Å². The van der Waals surface area contributed by atoms with Crippen molar-refractivity contribution in [2.24, 2.45) is 0 Å². The maximum Gasteiger partial charge on any atom is 0.323 e. The van der Waals surface area contributed by atoms with Crippen LogP contribution in [0, 0.1) is 0 Å². The summed E-state index contributed by atoms with van der Waals surface area (Å²) in [5.74, 6) is -0.122. The van der Waals surface area contributed by atoms with E-state index in [4.69, 9.17) is 4.74 Å². The molecule has 2 N–H and O–H groups in total. The van der Waals surface area contributed by atoms with Crippen LogP contribution in [-0.4, -0.2) is 37.2 Å². The Morgan fingerprint density at radius 2 is 1.78 bits per heavy atom. The average Bonchev–Trinajstić information content (AvgIpc) is 2.26. The first-order valence-electron chi connectivity index (χ1n) is 7.13. The first-order chi connectivity index (χ1) is 8.47.